The van der Waals surface area contributed by atoms with Gasteiger partial charge in [0.05, 0.1) is 16.7 Å². The molecule has 0 amide bonds. The minimum Gasteiger partial charge on any atom is -0.308 e. The monoisotopic (exact) mass is 731 g/mol. The van der Waals surface area contributed by atoms with Crippen molar-refractivity contribution in [3.8, 4) is 73.2 Å². The van der Waals surface area contributed by atoms with Crippen molar-refractivity contribution in [2.45, 2.75) is 13.8 Å². The molecule has 0 spiro atoms. The van der Waals surface area contributed by atoms with Crippen molar-refractivity contribution in [2.75, 3.05) is 0 Å². The number of fused-ring (bicyclic) bond motifs is 3. The van der Waals surface area contributed by atoms with E-state index in [9.17, 15) is 0 Å². The highest BCUT2D eigenvalue weighted by Crippen LogP contribution is 2.41. The maximum Gasteiger partial charge on any atom is 0.166 e. The summed E-state index contributed by atoms with van der Waals surface area (Å²) in [7, 11) is 0. The van der Waals surface area contributed by atoms with Crippen LogP contribution >= 0.6 is 0 Å². The molecule has 5 nitrogen and oxygen atoms in total. The molecule has 10 rings (SSSR count). The Hall–Kier alpha value is -7.50. The molecule has 5 heteroatoms. The van der Waals surface area contributed by atoms with Gasteiger partial charge in [-0.25, -0.2) is 15.0 Å². The van der Waals surface area contributed by atoms with Crippen molar-refractivity contribution in [1.82, 2.24) is 24.5 Å². The molecule has 0 N–H and O–H groups in total. The van der Waals surface area contributed by atoms with Gasteiger partial charge in [0.15, 0.2) is 17.5 Å². The summed E-state index contributed by atoms with van der Waals surface area (Å²) >= 11 is 0. The van der Waals surface area contributed by atoms with E-state index in [2.05, 4.69) is 133 Å². The third-order valence-electron chi connectivity index (χ3n) is 10.9. The molecule has 57 heavy (non-hydrogen) atoms. The predicted molar refractivity (Wildman–Crippen MR) is 234 cm³/mol. The second-order valence-electron chi connectivity index (χ2n) is 14.4. The van der Waals surface area contributed by atoms with Gasteiger partial charge in [-0.15, -0.1) is 0 Å². The largest absolute Gasteiger partial charge is 0.308 e. The van der Waals surface area contributed by atoms with E-state index in [1.54, 1.807) is 0 Å². The number of benzene rings is 7. The van der Waals surface area contributed by atoms with Crippen molar-refractivity contribution in [1.29, 1.82) is 0 Å². The third-order valence-corrected chi connectivity index (χ3v) is 10.9. The van der Waals surface area contributed by atoms with Crippen LogP contribution in [0, 0.1) is 13.8 Å². The van der Waals surface area contributed by atoms with E-state index in [1.165, 1.54) is 33.0 Å². The topological polar surface area (TPSA) is 56.5 Å². The zero-order chi connectivity index (χ0) is 38.3. The highest BCUT2D eigenvalue weighted by molar-refractivity contribution is 6.12. The lowest BCUT2D eigenvalue weighted by molar-refractivity contribution is 1.06. The Morgan fingerprint density at radius 2 is 0.860 bits per heavy atom. The molecule has 3 heterocycles. The van der Waals surface area contributed by atoms with Gasteiger partial charge in [0.1, 0.15) is 0 Å². The maximum absolute atomic E-state index is 5.24. The van der Waals surface area contributed by atoms with Gasteiger partial charge in [-0.3, -0.25) is 4.98 Å². The predicted octanol–water partition coefficient (Wildman–Crippen LogP) is 13.0. The van der Waals surface area contributed by atoms with Gasteiger partial charge >= 0.3 is 0 Å². The normalized spacial score (nSPS) is 11.3. The van der Waals surface area contributed by atoms with E-state index in [0.717, 1.165) is 55.7 Å². The van der Waals surface area contributed by atoms with Crippen LogP contribution in [0.4, 0.5) is 0 Å². The molecule has 3 aromatic heterocycles. The number of hydrogen-bond acceptors (Lipinski definition) is 4. The Bertz CT molecular complexity index is 2920. The average molecular weight is 732 g/mol. The van der Waals surface area contributed by atoms with E-state index in [0.29, 0.717) is 17.5 Å². The first kappa shape index (κ1) is 34.0. The molecule has 0 aliphatic heterocycles. The summed E-state index contributed by atoms with van der Waals surface area (Å²) in [6, 6.07) is 61.9. The van der Waals surface area contributed by atoms with Gasteiger partial charge in [0, 0.05) is 45.4 Å². The zero-order valence-electron chi connectivity index (χ0n) is 31.6. The summed E-state index contributed by atoms with van der Waals surface area (Å²) in [5, 5.41) is 2.34. The van der Waals surface area contributed by atoms with Crippen molar-refractivity contribution >= 4 is 21.8 Å². The summed E-state index contributed by atoms with van der Waals surface area (Å²) in [6.45, 7) is 4.35. The standard InChI is InChI=1S/C52H37N5/c1-34-14-9-11-21-42(34)39-24-26-44-45-27-25-40(43-22-12-10-15-35(43)2)32-48(45)57(47(44)31-39)49-30-38(41-20-13-29-53-33-41)23-28-46(49)52-55-50(36-16-5-3-6-17-36)54-51(56-52)37-18-7-4-8-19-37/h3-33H,1-2H3. The van der Waals surface area contributed by atoms with Crippen LogP contribution in [0.25, 0.3) is 95.0 Å². The van der Waals surface area contributed by atoms with Crippen molar-refractivity contribution in [3.63, 3.8) is 0 Å². The summed E-state index contributed by atoms with van der Waals surface area (Å²) in [5.41, 5.74) is 15.2. The molecule has 0 radical (unpaired) electrons. The lowest BCUT2D eigenvalue weighted by Crippen LogP contribution is -2.04. The molecule has 0 unspecified atom stereocenters. The van der Waals surface area contributed by atoms with Crippen LogP contribution in [-0.2, 0) is 0 Å². The van der Waals surface area contributed by atoms with Crippen LogP contribution in [0.3, 0.4) is 0 Å². The summed E-state index contributed by atoms with van der Waals surface area (Å²) < 4.78 is 2.41. The molecule has 10 aromatic rings. The second kappa shape index (κ2) is 14.3. The second-order valence-corrected chi connectivity index (χ2v) is 14.4. The third kappa shape index (κ3) is 6.25. The molecule has 0 bridgehead atoms. The van der Waals surface area contributed by atoms with E-state index in [-0.39, 0.29) is 0 Å². The first-order valence-corrected chi connectivity index (χ1v) is 19.2. The quantitative estimate of drug-likeness (QED) is 0.164. The summed E-state index contributed by atoms with van der Waals surface area (Å²) in [4.78, 5) is 20.0. The maximum atomic E-state index is 5.24. The minimum atomic E-state index is 0.593. The molecular weight excluding hydrogens is 695 g/mol. The molecule has 0 saturated heterocycles. The average Bonchev–Trinajstić information content (AvgIpc) is 3.60. The summed E-state index contributed by atoms with van der Waals surface area (Å²) in [6.07, 6.45) is 3.73. The molecule has 7 aromatic carbocycles. The first-order chi connectivity index (χ1) is 28.1. The van der Waals surface area contributed by atoms with Crippen LogP contribution in [-0.4, -0.2) is 24.5 Å². The van der Waals surface area contributed by atoms with Gasteiger partial charge in [-0.1, -0.05) is 146 Å². The van der Waals surface area contributed by atoms with E-state index in [4.69, 9.17) is 15.0 Å². The fraction of sp³-hybridized carbons (Fsp3) is 0.0385. The van der Waals surface area contributed by atoms with Crippen molar-refractivity contribution in [3.05, 3.63) is 199 Å². The molecule has 270 valence electrons. The highest BCUT2D eigenvalue weighted by atomic mass is 15.1. The minimum absolute atomic E-state index is 0.593. The van der Waals surface area contributed by atoms with Gasteiger partial charge < -0.3 is 4.57 Å². The number of pyridine rings is 1. The Morgan fingerprint density at radius 1 is 0.368 bits per heavy atom. The van der Waals surface area contributed by atoms with Gasteiger partial charge in [-0.2, -0.15) is 0 Å². The molecular formula is C52H37N5. The number of aromatic nitrogens is 5. The van der Waals surface area contributed by atoms with Gasteiger partial charge in [-0.05, 0) is 83.1 Å². The Balaban J connectivity index is 1.32. The van der Waals surface area contributed by atoms with Crippen molar-refractivity contribution in [2.24, 2.45) is 0 Å². The molecule has 0 aliphatic carbocycles. The molecule has 0 aliphatic rings. The smallest absolute Gasteiger partial charge is 0.166 e. The van der Waals surface area contributed by atoms with Gasteiger partial charge in [0.25, 0.3) is 0 Å². The van der Waals surface area contributed by atoms with Crippen LogP contribution in [0.1, 0.15) is 11.1 Å². The lowest BCUT2D eigenvalue weighted by Gasteiger charge is -2.17. The van der Waals surface area contributed by atoms with Crippen molar-refractivity contribution < 1.29 is 0 Å². The Morgan fingerprint density at radius 3 is 1.39 bits per heavy atom. The number of aryl methyl sites for hydroxylation is 2. The first-order valence-electron chi connectivity index (χ1n) is 19.2. The number of hydrogen-bond donors (Lipinski definition) is 0. The Kier molecular flexibility index (Phi) is 8.53. The number of rotatable bonds is 7. The Labute approximate surface area is 331 Å². The SMILES string of the molecule is Cc1ccccc1-c1ccc2c3ccc(-c4ccccc4C)cc3n(-c3cc(-c4cccnc4)ccc3-c3nc(-c4ccccc4)nc(-c4ccccc4)n3)c2c1. The van der Waals surface area contributed by atoms with Crippen LogP contribution in [0.5, 0.6) is 0 Å². The zero-order valence-corrected chi connectivity index (χ0v) is 31.6. The highest BCUT2D eigenvalue weighted by Gasteiger charge is 2.22. The van der Waals surface area contributed by atoms with Crippen LogP contribution < -0.4 is 0 Å². The molecule has 0 fully saturated rings. The van der Waals surface area contributed by atoms with Crippen LogP contribution in [0.2, 0.25) is 0 Å². The van der Waals surface area contributed by atoms with E-state index >= 15 is 0 Å². The van der Waals surface area contributed by atoms with E-state index < -0.39 is 0 Å². The number of nitrogens with zero attached hydrogens (tertiary/aromatic N) is 5. The summed E-state index contributed by atoms with van der Waals surface area (Å²) in [5.74, 6) is 1.83. The lowest BCUT2D eigenvalue weighted by atomic mass is 9.98. The molecule has 0 saturated carbocycles. The molecule has 0 atom stereocenters. The fourth-order valence-electron chi connectivity index (χ4n) is 7.95. The van der Waals surface area contributed by atoms with Crippen LogP contribution in [0.15, 0.2) is 188 Å². The van der Waals surface area contributed by atoms with E-state index in [1.807, 2.05) is 79.1 Å². The fourth-order valence-corrected chi connectivity index (χ4v) is 7.95. The van der Waals surface area contributed by atoms with Gasteiger partial charge in [0.2, 0.25) is 0 Å².